The van der Waals surface area contributed by atoms with E-state index in [2.05, 4.69) is 38.3 Å². The van der Waals surface area contributed by atoms with Gasteiger partial charge in [0.15, 0.2) is 11.6 Å². The van der Waals surface area contributed by atoms with Crippen molar-refractivity contribution in [3.63, 3.8) is 0 Å². The maximum Gasteiger partial charge on any atom is 0.172 e. The molecule has 146 valence electrons. The predicted octanol–water partition coefficient (Wildman–Crippen LogP) is 3.40. The smallest absolute Gasteiger partial charge is 0.172 e. The van der Waals surface area contributed by atoms with Crippen LogP contribution in [0, 0.1) is 0 Å². The zero-order chi connectivity index (χ0) is 19.8. The number of aromatic nitrogens is 2. The minimum absolute atomic E-state index is 0.234. The molecule has 1 fully saturated rings. The number of benzene rings is 1. The topological polar surface area (TPSA) is 84.3 Å². The normalized spacial score (nSPS) is 17.4. The van der Waals surface area contributed by atoms with E-state index in [9.17, 15) is 0 Å². The summed E-state index contributed by atoms with van der Waals surface area (Å²) in [5.74, 6) is 8.34. The fraction of sp³-hybridized carbons (Fsp3) is 0.474. The Labute approximate surface area is 171 Å². The Kier molecular flexibility index (Phi) is 5.74. The second-order valence-corrected chi connectivity index (χ2v) is 9.10. The third kappa shape index (κ3) is 4.42. The molecule has 4 N–H and O–H groups in total. The average Bonchev–Trinajstić information content (AvgIpc) is 3.02. The van der Waals surface area contributed by atoms with Crippen LogP contribution in [0.5, 0.6) is 0 Å². The van der Waals surface area contributed by atoms with E-state index in [1.165, 1.54) is 0 Å². The molecule has 1 unspecified atom stereocenters. The summed E-state index contributed by atoms with van der Waals surface area (Å²) in [5, 5.41) is 2.53. The monoisotopic (exact) mass is 406 g/mol. The van der Waals surface area contributed by atoms with Gasteiger partial charge in [0, 0.05) is 28.8 Å². The number of thiol groups is 1. The quantitative estimate of drug-likeness (QED) is 0.410. The van der Waals surface area contributed by atoms with E-state index in [0.29, 0.717) is 34.1 Å². The first kappa shape index (κ1) is 20.0. The van der Waals surface area contributed by atoms with E-state index in [0.717, 1.165) is 30.9 Å². The predicted molar refractivity (Wildman–Crippen MR) is 117 cm³/mol. The molecular weight excluding hydrogens is 380 g/mol. The molecule has 2 heterocycles. The second-order valence-electron chi connectivity index (χ2n) is 7.97. The molecule has 2 aromatic rings. The number of nitrogens with two attached hydrogens (primary N) is 2. The van der Waals surface area contributed by atoms with Crippen molar-refractivity contribution in [1.82, 2.24) is 9.97 Å². The number of hydrogen-bond acceptors (Lipinski definition) is 7. The van der Waals surface area contributed by atoms with Crippen molar-refractivity contribution in [2.24, 2.45) is 5.84 Å². The van der Waals surface area contributed by atoms with Gasteiger partial charge in [0.25, 0.3) is 0 Å². The highest BCUT2D eigenvalue weighted by Crippen LogP contribution is 2.35. The number of rotatable bonds is 4. The van der Waals surface area contributed by atoms with Gasteiger partial charge in [-0.25, -0.2) is 15.8 Å². The molecule has 1 aliphatic heterocycles. The molecule has 6 nitrogen and oxygen atoms in total. The summed E-state index contributed by atoms with van der Waals surface area (Å²) < 4.78 is 0. The van der Waals surface area contributed by atoms with Crippen LogP contribution in [0.3, 0.4) is 0 Å². The molecule has 0 bridgehead atoms. The van der Waals surface area contributed by atoms with Gasteiger partial charge in [0.05, 0.1) is 6.54 Å². The first-order valence-electron chi connectivity index (χ1n) is 9.03. The van der Waals surface area contributed by atoms with Gasteiger partial charge in [-0.2, -0.15) is 12.6 Å². The fourth-order valence-electron chi connectivity index (χ4n) is 3.06. The number of anilines is 3. The van der Waals surface area contributed by atoms with Crippen LogP contribution in [0.15, 0.2) is 24.3 Å². The summed E-state index contributed by atoms with van der Waals surface area (Å²) in [6.07, 6.45) is 0.999. The van der Waals surface area contributed by atoms with Crippen molar-refractivity contribution >= 4 is 41.6 Å². The van der Waals surface area contributed by atoms with E-state index < -0.39 is 0 Å². The summed E-state index contributed by atoms with van der Waals surface area (Å²) in [4.78, 5) is 11.6. The van der Waals surface area contributed by atoms with E-state index in [4.69, 9.17) is 33.1 Å². The molecule has 8 heteroatoms. The lowest BCUT2D eigenvalue weighted by Crippen LogP contribution is -2.34. The van der Waals surface area contributed by atoms with Crippen LogP contribution in [0.2, 0.25) is 5.02 Å². The van der Waals surface area contributed by atoms with Crippen LogP contribution in [-0.4, -0.2) is 28.3 Å². The summed E-state index contributed by atoms with van der Waals surface area (Å²) in [6, 6.07) is 7.61. The van der Waals surface area contributed by atoms with E-state index in [1.807, 2.05) is 24.3 Å². The number of nitrogen functional groups attached to an aromatic ring is 1. The maximum absolute atomic E-state index is 6.47. The molecular formula is C19H27ClN6S. The SMILES string of the molecule is CC(C)(C)c1nc(N(N)Cc2ccccc2Cl)c(N)c(N2CCC(S)C2)n1. The third-order valence-electron chi connectivity index (χ3n) is 4.61. The average molecular weight is 407 g/mol. The summed E-state index contributed by atoms with van der Waals surface area (Å²) >= 11 is 10.9. The summed E-state index contributed by atoms with van der Waals surface area (Å²) in [6.45, 7) is 8.31. The fourth-order valence-corrected chi connectivity index (χ4v) is 3.57. The summed E-state index contributed by atoms with van der Waals surface area (Å²) in [7, 11) is 0. The molecule has 1 saturated heterocycles. The van der Waals surface area contributed by atoms with Crippen molar-refractivity contribution in [2.45, 2.75) is 44.4 Å². The minimum atomic E-state index is -0.234. The van der Waals surface area contributed by atoms with Crippen LogP contribution >= 0.6 is 24.2 Å². The molecule has 1 aromatic carbocycles. The first-order chi connectivity index (χ1) is 12.7. The Hall–Kier alpha value is -1.70. The Morgan fingerprint density at radius 3 is 2.59 bits per heavy atom. The van der Waals surface area contributed by atoms with Gasteiger partial charge in [0.1, 0.15) is 11.5 Å². The number of nitrogens with zero attached hydrogens (tertiary/aromatic N) is 4. The van der Waals surface area contributed by atoms with Gasteiger partial charge in [-0.15, -0.1) is 0 Å². The standard InChI is InChI=1S/C19H27ClN6S/c1-19(2,3)18-23-16(25-9-8-13(27)11-25)15(21)17(24-18)26(22)10-12-6-4-5-7-14(12)20/h4-7,13,27H,8-11,21-22H2,1-3H3. The van der Waals surface area contributed by atoms with Gasteiger partial charge in [-0.1, -0.05) is 50.6 Å². The molecule has 1 aromatic heterocycles. The highest BCUT2D eigenvalue weighted by atomic mass is 35.5. The largest absolute Gasteiger partial charge is 0.393 e. The van der Waals surface area contributed by atoms with E-state index in [-0.39, 0.29) is 5.41 Å². The van der Waals surface area contributed by atoms with Gasteiger partial charge >= 0.3 is 0 Å². The Morgan fingerprint density at radius 2 is 2.00 bits per heavy atom. The van der Waals surface area contributed by atoms with Crippen LogP contribution in [0.1, 0.15) is 38.6 Å². The van der Waals surface area contributed by atoms with Crippen molar-refractivity contribution in [3.05, 3.63) is 40.7 Å². The molecule has 1 atom stereocenters. The molecule has 3 rings (SSSR count). The zero-order valence-corrected chi connectivity index (χ0v) is 17.6. The Bertz CT molecular complexity index is 822. The lowest BCUT2D eigenvalue weighted by Gasteiger charge is -2.28. The molecule has 0 radical (unpaired) electrons. The molecule has 0 saturated carbocycles. The van der Waals surface area contributed by atoms with Gasteiger partial charge in [0.2, 0.25) is 0 Å². The zero-order valence-electron chi connectivity index (χ0n) is 16.0. The van der Waals surface area contributed by atoms with Crippen LogP contribution in [0.4, 0.5) is 17.3 Å². The number of hydrogen-bond donors (Lipinski definition) is 3. The van der Waals surface area contributed by atoms with E-state index >= 15 is 0 Å². The lowest BCUT2D eigenvalue weighted by atomic mass is 9.95. The van der Waals surface area contributed by atoms with Gasteiger partial charge in [-0.05, 0) is 18.1 Å². The summed E-state index contributed by atoms with van der Waals surface area (Å²) in [5.41, 5.74) is 7.63. The van der Waals surface area contributed by atoms with Crippen LogP contribution < -0.4 is 21.5 Å². The highest BCUT2D eigenvalue weighted by molar-refractivity contribution is 7.81. The van der Waals surface area contributed by atoms with E-state index in [1.54, 1.807) is 5.01 Å². The number of hydrazine groups is 1. The van der Waals surface area contributed by atoms with Crippen LogP contribution in [-0.2, 0) is 12.0 Å². The Balaban J connectivity index is 2.01. The van der Waals surface area contributed by atoms with Crippen molar-refractivity contribution < 1.29 is 0 Å². The molecule has 0 spiro atoms. The molecule has 1 aliphatic rings. The number of halogens is 1. The van der Waals surface area contributed by atoms with Crippen LogP contribution in [0.25, 0.3) is 0 Å². The van der Waals surface area contributed by atoms with Gasteiger partial charge < -0.3 is 10.6 Å². The second kappa shape index (κ2) is 7.73. The highest BCUT2D eigenvalue weighted by Gasteiger charge is 2.28. The van der Waals surface area contributed by atoms with Crippen molar-refractivity contribution in [3.8, 4) is 0 Å². The minimum Gasteiger partial charge on any atom is -0.393 e. The van der Waals surface area contributed by atoms with Gasteiger partial charge in [-0.3, -0.25) is 5.01 Å². The maximum atomic E-state index is 6.47. The molecule has 27 heavy (non-hydrogen) atoms. The third-order valence-corrected chi connectivity index (χ3v) is 5.40. The van der Waals surface area contributed by atoms with Crippen molar-refractivity contribution in [2.75, 3.05) is 28.7 Å². The van der Waals surface area contributed by atoms with Crippen molar-refractivity contribution in [1.29, 1.82) is 0 Å². The first-order valence-corrected chi connectivity index (χ1v) is 9.93. The molecule has 0 aliphatic carbocycles. The lowest BCUT2D eigenvalue weighted by molar-refractivity contribution is 0.543. The Morgan fingerprint density at radius 1 is 1.30 bits per heavy atom. The molecule has 0 amide bonds.